The van der Waals surface area contributed by atoms with Crippen LogP contribution >= 0.6 is 24.0 Å². The number of benzene rings is 1. The fraction of sp³-hybridized carbons (Fsp3) is 0.611. The molecular weight excluding hydrogens is 465 g/mol. The minimum absolute atomic E-state index is 0. The van der Waals surface area contributed by atoms with E-state index >= 15 is 0 Å². The van der Waals surface area contributed by atoms with Gasteiger partial charge >= 0.3 is 0 Å². The molecule has 26 heavy (non-hydrogen) atoms. The Kier molecular flexibility index (Phi) is 10.5. The molecule has 0 aliphatic heterocycles. The fourth-order valence-electron chi connectivity index (χ4n) is 2.33. The summed E-state index contributed by atoms with van der Waals surface area (Å²) in [7, 11) is -3.13. The van der Waals surface area contributed by atoms with Gasteiger partial charge in [-0.15, -0.1) is 24.0 Å². The van der Waals surface area contributed by atoms with E-state index in [9.17, 15) is 8.42 Å². The van der Waals surface area contributed by atoms with Gasteiger partial charge in [0.05, 0.1) is 18.0 Å². The van der Waals surface area contributed by atoms with Crippen molar-refractivity contribution in [2.75, 3.05) is 39.1 Å². The second-order valence-electron chi connectivity index (χ2n) is 6.37. The SMILES string of the molecule is CCNC(=NCCOCC1CC1)NCCc1ccc(S(C)(=O)=O)cc1.I. The molecule has 0 heterocycles. The molecule has 0 radical (unpaired) electrons. The number of hydrogen-bond donors (Lipinski definition) is 2. The normalized spacial score (nSPS) is 14.6. The molecular formula is C18H30IN3O3S. The number of nitrogens with zero attached hydrogens (tertiary/aromatic N) is 1. The Morgan fingerprint density at radius 2 is 1.92 bits per heavy atom. The molecule has 0 atom stereocenters. The molecule has 6 nitrogen and oxygen atoms in total. The Hall–Kier alpha value is -0.870. The summed E-state index contributed by atoms with van der Waals surface area (Å²) in [5.74, 6) is 1.56. The van der Waals surface area contributed by atoms with Gasteiger partial charge in [-0.3, -0.25) is 4.99 Å². The van der Waals surface area contributed by atoms with Crippen molar-refractivity contribution in [3.05, 3.63) is 29.8 Å². The molecule has 0 bridgehead atoms. The maximum absolute atomic E-state index is 11.5. The number of rotatable bonds is 10. The van der Waals surface area contributed by atoms with Crippen LogP contribution in [0.5, 0.6) is 0 Å². The van der Waals surface area contributed by atoms with Gasteiger partial charge in [-0.2, -0.15) is 0 Å². The third-order valence-electron chi connectivity index (χ3n) is 3.96. The van der Waals surface area contributed by atoms with Crippen LogP contribution in [0.1, 0.15) is 25.3 Å². The van der Waals surface area contributed by atoms with E-state index in [1.54, 1.807) is 12.1 Å². The molecule has 0 unspecified atom stereocenters. The second kappa shape index (κ2) is 11.8. The minimum Gasteiger partial charge on any atom is -0.379 e. The Morgan fingerprint density at radius 3 is 2.50 bits per heavy atom. The van der Waals surface area contributed by atoms with Crippen LogP contribution in [0.2, 0.25) is 0 Å². The lowest BCUT2D eigenvalue weighted by Crippen LogP contribution is -2.38. The van der Waals surface area contributed by atoms with Crippen LogP contribution in [-0.2, 0) is 21.0 Å². The van der Waals surface area contributed by atoms with Gasteiger partial charge in [0.2, 0.25) is 0 Å². The topological polar surface area (TPSA) is 79.8 Å². The zero-order chi connectivity index (χ0) is 18.1. The first-order valence-electron chi connectivity index (χ1n) is 8.88. The number of aliphatic imine (C=N–C) groups is 1. The maximum Gasteiger partial charge on any atom is 0.191 e. The second-order valence-corrected chi connectivity index (χ2v) is 8.39. The highest BCUT2D eigenvalue weighted by Crippen LogP contribution is 2.28. The van der Waals surface area contributed by atoms with E-state index in [0.717, 1.165) is 43.6 Å². The highest BCUT2D eigenvalue weighted by Gasteiger charge is 2.20. The number of guanidine groups is 1. The fourth-order valence-corrected chi connectivity index (χ4v) is 2.96. The quantitative estimate of drug-likeness (QED) is 0.225. The molecule has 1 fully saturated rings. The number of ether oxygens (including phenoxy) is 1. The van der Waals surface area contributed by atoms with Crippen molar-refractivity contribution in [2.45, 2.75) is 31.1 Å². The zero-order valence-electron chi connectivity index (χ0n) is 15.5. The monoisotopic (exact) mass is 495 g/mol. The number of sulfone groups is 1. The molecule has 0 aromatic heterocycles. The van der Waals surface area contributed by atoms with Gasteiger partial charge in [0, 0.05) is 26.0 Å². The number of halogens is 1. The number of nitrogens with one attached hydrogen (secondary N) is 2. The Labute approximate surface area is 174 Å². The van der Waals surface area contributed by atoms with E-state index in [2.05, 4.69) is 15.6 Å². The summed E-state index contributed by atoms with van der Waals surface area (Å²) in [5.41, 5.74) is 1.09. The van der Waals surface area contributed by atoms with Gasteiger partial charge in [-0.1, -0.05) is 12.1 Å². The largest absolute Gasteiger partial charge is 0.379 e. The van der Waals surface area contributed by atoms with E-state index in [0.29, 0.717) is 18.0 Å². The summed E-state index contributed by atoms with van der Waals surface area (Å²) in [6.45, 7) is 5.73. The van der Waals surface area contributed by atoms with E-state index < -0.39 is 9.84 Å². The van der Waals surface area contributed by atoms with Crippen LogP contribution < -0.4 is 10.6 Å². The average Bonchev–Trinajstić information content (AvgIpc) is 3.38. The van der Waals surface area contributed by atoms with Gasteiger partial charge in [-0.25, -0.2) is 8.42 Å². The summed E-state index contributed by atoms with van der Waals surface area (Å²) >= 11 is 0. The van der Waals surface area contributed by atoms with Crippen LogP contribution in [0.15, 0.2) is 34.2 Å². The first kappa shape index (κ1) is 23.2. The molecule has 2 N–H and O–H groups in total. The molecule has 0 saturated heterocycles. The highest BCUT2D eigenvalue weighted by atomic mass is 127. The standard InChI is InChI=1S/C18H29N3O3S.HI/c1-3-19-18(21-12-13-24-14-16-4-5-16)20-11-10-15-6-8-17(9-7-15)25(2,22)23;/h6-9,16H,3-5,10-14H2,1-2H3,(H2,19,20,21);1H. The molecule has 1 saturated carbocycles. The van der Waals surface area contributed by atoms with Crippen LogP contribution in [0.25, 0.3) is 0 Å². The molecule has 148 valence electrons. The smallest absolute Gasteiger partial charge is 0.191 e. The van der Waals surface area contributed by atoms with Crippen LogP contribution in [0.4, 0.5) is 0 Å². The molecule has 0 spiro atoms. The Morgan fingerprint density at radius 1 is 1.23 bits per heavy atom. The zero-order valence-corrected chi connectivity index (χ0v) is 18.7. The van der Waals surface area contributed by atoms with Gasteiger partial charge < -0.3 is 15.4 Å². The molecule has 8 heteroatoms. The number of hydrogen-bond acceptors (Lipinski definition) is 4. The van der Waals surface area contributed by atoms with E-state index in [1.165, 1.54) is 19.1 Å². The van der Waals surface area contributed by atoms with Crippen molar-refractivity contribution in [3.8, 4) is 0 Å². The van der Waals surface area contributed by atoms with E-state index in [-0.39, 0.29) is 24.0 Å². The minimum atomic E-state index is -3.13. The van der Waals surface area contributed by atoms with E-state index in [4.69, 9.17) is 4.74 Å². The molecule has 1 aliphatic carbocycles. The molecule has 1 aromatic rings. The van der Waals surface area contributed by atoms with Gasteiger partial charge in [-0.05, 0) is 49.8 Å². The lowest BCUT2D eigenvalue weighted by molar-refractivity contribution is 0.131. The molecule has 2 rings (SSSR count). The van der Waals surface area contributed by atoms with Gasteiger partial charge in [0.1, 0.15) is 0 Å². The van der Waals surface area contributed by atoms with Crippen LogP contribution in [0, 0.1) is 5.92 Å². The summed E-state index contributed by atoms with van der Waals surface area (Å²) < 4.78 is 28.5. The highest BCUT2D eigenvalue weighted by molar-refractivity contribution is 14.0. The molecule has 0 amide bonds. The van der Waals surface area contributed by atoms with Crippen molar-refractivity contribution >= 4 is 39.8 Å². The predicted molar refractivity (Wildman–Crippen MR) is 116 cm³/mol. The molecule has 1 aliphatic rings. The van der Waals surface area contributed by atoms with Crippen molar-refractivity contribution in [1.82, 2.24) is 10.6 Å². The lowest BCUT2D eigenvalue weighted by atomic mass is 10.1. The van der Waals surface area contributed by atoms with Gasteiger partial charge in [0.25, 0.3) is 0 Å². The van der Waals surface area contributed by atoms with Crippen molar-refractivity contribution in [3.63, 3.8) is 0 Å². The van der Waals surface area contributed by atoms with Crippen LogP contribution in [0.3, 0.4) is 0 Å². The van der Waals surface area contributed by atoms with Crippen molar-refractivity contribution in [1.29, 1.82) is 0 Å². The third-order valence-corrected chi connectivity index (χ3v) is 5.09. The maximum atomic E-state index is 11.5. The van der Waals surface area contributed by atoms with Crippen LogP contribution in [-0.4, -0.2) is 53.5 Å². The lowest BCUT2D eigenvalue weighted by Gasteiger charge is -2.11. The Bertz CT molecular complexity index is 659. The first-order chi connectivity index (χ1) is 12.0. The summed E-state index contributed by atoms with van der Waals surface area (Å²) in [6.07, 6.45) is 4.63. The van der Waals surface area contributed by atoms with Crippen molar-refractivity contribution < 1.29 is 13.2 Å². The predicted octanol–water partition coefficient (Wildman–Crippen LogP) is 2.23. The van der Waals surface area contributed by atoms with Gasteiger partial charge in [0.15, 0.2) is 15.8 Å². The van der Waals surface area contributed by atoms with Crippen molar-refractivity contribution in [2.24, 2.45) is 10.9 Å². The first-order valence-corrected chi connectivity index (χ1v) is 10.8. The summed E-state index contributed by atoms with van der Waals surface area (Å²) in [5, 5.41) is 6.51. The van der Waals surface area contributed by atoms with E-state index in [1.807, 2.05) is 19.1 Å². The molecule has 1 aromatic carbocycles. The average molecular weight is 495 g/mol. The third kappa shape index (κ3) is 9.18. The summed E-state index contributed by atoms with van der Waals surface area (Å²) in [6, 6.07) is 7.02. The Balaban J connectivity index is 0.00000338. The summed E-state index contributed by atoms with van der Waals surface area (Å²) in [4.78, 5) is 4.85.